The maximum Gasteiger partial charge on any atom is 0.166 e. The van der Waals surface area contributed by atoms with Crippen LogP contribution in [-0.4, -0.2) is 11.2 Å². The molecular formula is C12H15ClN2S. The summed E-state index contributed by atoms with van der Waals surface area (Å²) in [7, 11) is 0. The molecule has 1 saturated carbocycles. The molecule has 0 unspecified atom stereocenters. The molecule has 1 atom stereocenters. The van der Waals surface area contributed by atoms with Gasteiger partial charge in [0.05, 0.1) is 6.04 Å². The molecule has 86 valence electrons. The third-order valence-electron chi connectivity index (χ3n) is 2.61. The number of hydrogen-bond acceptors (Lipinski definition) is 1. The van der Waals surface area contributed by atoms with Gasteiger partial charge in [0.1, 0.15) is 0 Å². The summed E-state index contributed by atoms with van der Waals surface area (Å²) >= 11 is 11.2. The SMILES string of the molecule is C[C@@H](NC(=S)NC1CC1)c1cccc(Cl)c1. The van der Waals surface area contributed by atoms with Crippen LogP contribution in [0.2, 0.25) is 5.02 Å². The number of thiocarbonyl (C=S) groups is 1. The van der Waals surface area contributed by atoms with Gasteiger partial charge in [-0.2, -0.15) is 0 Å². The summed E-state index contributed by atoms with van der Waals surface area (Å²) in [5.74, 6) is 0. The van der Waals surface area contributed by atoms with Gasteiger partial charge >= 0.3 is 0 Å². The predicted molar refractivity (Wildman–Crippen MR) is 71.8 cm³/mol. The molecule has 1 aromatic carbocycles. The van der Waals surface area contributed by atoms with Crippen molar-refractivity contribution in [1.82, 2.24) is 10.6 Å². The van der Waals surface area contributed by atoms with Crippen molar-refractivity contribution in [2.45, 2.75) is 31.8 Å². The van der Waals surface area contributed by atoms with E-state index in [1.54, 1.807) is 0 Å². The minimum Gasteiger partial charge on any atom is -0.360 e. The van der Waals surface area contributed by atoms with E-state index >= 15 is 0 Å². The third-order valence-corrected chi connectivity index (χ3v) is 3.08. The van der Waals surface area contributed by atoms with Gasteiger partial charge in [0, 0.05) is 11.1 Å². The van der Waals surface area contributed by atoms with Crippen LogP contribution in [0.1, 0.15) is 31.4 Å². The van der Waals surface area contributed by atoms with Crippen molar-refractivity contribution in [3.05, 3.63) is 34.9 Å². The lowest BCUT2D eigenvalue weighted by molar-refractivity contribution is 0.697. The van der Waals surface area contributed by atoms with Gasteiger partial charge in [-0.05, 0) is 49.7 Å². The Hall–Kier alpha value is -0.800. The molecule has 0 aliphatic heterocycles. The summed E-state index contributed by atoms with van der Waals surface area (Å²) in [6.45, 7) is 2.08. The first-order chi connectivity index (χ1) is 7.65. The molecule has 1 aliphatic rings. The van der Waals surface area contributed by atoms with Gasteiger partial charge in [-0.1, -0.05) is 23.7 Å². The van der Waals surface area contributed by atoms with Crippen LogP contribution in [0.15, 0.2) is 24.3 Å². The highest BCUT2D eigenvalue weighted by Crippen LogP contribution is 2.20. The van der Waals surface area contributed by atoms with Crippen molar-refractivity contribution in [2.24, 2.45) is 0 Å². The molecule has 1 fully saturated rings. The van der Waals surface area contributed by atoms with Crippen LogP contribution in [0.4, 0.5) is 0 Å². The summed E-state index contributed by atoms with van der Waals surface area (Å²) in [5, 5.41) is 8.00. The van der Waals surface area contributed by atoms with Crippen molar-refractivity contribution >= 4 is 28.9 Å². The largest absolute Gasteiger partial charge is 0.360 e. The van der Waals surface area contributed by atoms with Gasteiger partial charge in [-0.25, -0.2) is 0 Å². The minimum absolute atomic E-state index is 0.178. The molecule has 0 aromatic heterocycles. The van der Waals surface area contributed by atoms with E-state index in [4.69, 9.17) is 23.8 Å². The second-order valence-corrected chi connectivity index (χ2v) is 5.01. The van der Waals surface area contributed by atoms with E-state index in [1.807, 2.05) is 24.3 Å². The molecule has 2 N–H and O–H groups in total. The fourth-order valence-corrected chi connectivity index (χ4v) is 2.05. The monoisotopic (exact) mass is 254 g/mol. The zero-order chi connectivity index (χ0) is 11.5. The first kappa shape index (κ1) is 11.7. The standard InChI is InChI=1S/C12H15ClN2S/c1-8(9-3-2-4-10(13)7-9)14-12(16)15-11-5-6-11/h2-4,7-8,11H,5-6H2,1H3,(H2,14,15,16)/t8-/m1/s1. The lowest BCUT2D eigenvalue weighted by Gasteiger charge is -2.17. The second-order valence-electron chi connectivity index (χ2n) is 4.17. The number of nitrogens with one attached hydrogen (secondary N) is 2. The van der Waals surface area contributed by atoms with Gasteiger partial charge in [0.15, 0.2) is 5.11 Å². The summed E-state index contributed by atoms with van der Waals surface area (Å²) in [6.07, 6.45) is 2.46. The Labute approximate surface area is 106 Å². The fraction of sp³-hybridized carbons (Fsp3) is 0.417. The van der Waals surface area contributed by atoms with Crippen LogP contribution in [-0.2, 0) is 0 Å². The molecule has 1 aliphatic carbocycles. The molecule has 0 spiro atoms. The number of benzene rings is 1. The Morgan fingerprint density at radius 3 is 2.88 bits per heavy atom. The van der Waals surface area contributed by atoms with Crippen LogP contribution in [0.3, 0.4) is 0 Å². The van der Waals surface area contributed by atoms with E-state index in [9.17, 15) is 0 Å². The number of hydrogen-bond donors (Lipinski definition) is 2. The van der Waals surface area contributed by atoms with Crippen molar-refractivity contribution in [1.29, 1.82) is 0 Å². The summed E-state index contributed by atoms with van der Waals surface area (Å²) < 4.78 is 0. The minimum atomic E-state index is 0.178. The molecule has 0 amide bonds. The van der Waals surface area contributed by atoms with Gasteiger partial charge in [0.25, 0.3) is 0 Å². The highest BCUT2D eigenvalue weighted by Gasteiger charge is 2.22. The average Bonchev–Trinajstić information content (AvgIpc) is 3.01. The van der Waals surface area contributed by atoms with E-state index in [1.165, 1.54) is 12.8 Å². The predicted octanol–water partition coefficient (Wildman–Crippen LogP) is 3.03. The lowest BCUT2D eigenvalue weighted by atomic mass is 10.1. The zero-order valence-corrected chi connectivity index (χ0v) is 10.7. The smallest absolute Gasteiger partial charge is 0.166 e. The quantitative estimate of drug-likeness (QED) is 0.811. The second kappa shape index (κ2) is 5.02. The van der Waals surface area contributed by atoms with Gasteiger partial charge in [0.2, 0.25) is 0 Å². The first-order valence-electron chi connectivity index (χ1n) is 5.47. The van der Waals surface area contributed by atoms with Crippen LogP contribution in [0, 0.1) is 0 Å². The topological polar surface area (TPSA) is 24.1 Å². The first-order valence-corrected chi connectivity index (χ1v) is 6.26. The molecule has 4 heteroatoms. The van der Waals surface area contributed by atoms with Gasteiger partial charge in [-0.15, -0.1) is 0 Å². The maximum absolute atomic E-state index is 5.94. The van der Waals surface area contributed by atoms with Crippen molar-refractivity contribution in [3.8, 4) is 0 Å². The number of rotatable bonds is 3. The molecule has 0 bridgehead atoms. The Morgan fingerprint density at radius 1 is 1.50 bits per heavy atom. The molecular weight excluding hydrogens is 240 g/mol. The van der Waals surface area contributed by atoms with E-state index in [2.05, 4.69) is 17.6 Å². The van der Waals surface area contributed by atoms with E-state index in [0.717, 1.165) is 15.7 Å². The Kier molecular flexibility index (Phi) is 3.66. The molecule has 16 heavy (non-hydrogen) atoms. The molecule has 2 rings (SSSR count). The molecule has 1 aromatic rings. The van der Waals surface area contributed by atoms with Gasteiger partial charge in [-0.3, -0.25) is 0 Å². The van der Waals surface area contributed by atoms with Crippen LogP contribution < -0.4 is 10.6 Å². The average molecular weight is 255 g/mol. The van der Waals surface area contributed by atoms with Crippen LogP contribution in [0.5, 0.6) is 0 Å². The molecule has 0 heterocycles. The highest BCUT2D eigenvalue weighted by atomic mass is 35.5. The summed E-state index contributed by atoms with van der Waals surface area (Å²) in [6, 6.07) is 8.59. The van der Waals surface area contributed by atoms with Crippen molar-refractivity contribution in [3.63, 3.8) is 0 Å². The fourth-order valence-electron chi connectivity index (χ4n) is 1.51. The maximum atomic E-state index is 5.94. The van der Waals surface area contributed by atoms with E-state index < -0.39 is 0 Å². The van der Waals surface area contributed by atoms with E-state index in [0.29, 0.717) is 6.04 Å². The number of halogens is 1. The normalized spacial score (nSPS) is 16.6. The molecule has 0 radical (unpaired) electrons. The molecule has 2 nitrogen and oxygen atoms in total. The third kappa shape index (κ3) is 3.35. The van der Waals surface area contributed by atoms with Crippen LogP contribution in [0.25, 0.3) is 0 Å². The summed E-state index contributed by atoms with van der Waals surface area (Å²) in [5.41, 5.74) is 1.15. The van der Waals surface area contributed by atoms with Crippen molar-refractivity contribution in [2.75, 3.05) is 0 Å². The Balaban J connectivity index is 1.91. The Morgan fingerprint density at radius 2 is 2.25 bits per heavy atom. The lowest BCUT2D eigenvalue weighted by Crippen LogP contribution is -2.37. The van der Waals surface area contributed by atoms with Gasteiger partial charge < -0.3 is 10.6 Å². The molecule has 0 saturated heterocycles. The van der Waals surface area contributed by atoms with Crippen molar-refractivity contribution < 1.29 is 0 Å². The summed E-state index contributed by atoms with van der Waals surface area (Å²) in [4.78, 5) is 0. The zero-order valence-electron chi connectivity index (χ0n) is 9.16. The highest BCUT2D eigenvalue weighted by molar-refractivity contribution is 7.80. The Bertz CT molecular complexity index is 390. The van der Waals surface area contributed by atoms with Crippen LogP contribution >= 0.6 is 23.8 Å². The van der Waals surface area contributed by atoms with E-state index in [-0.39, 0.29) is 6.04 Å².